The fourth-order valence-corrected chi connectivity index (χ4v) is 2.02. The van der Waals surface area contributed by atoms with Gasteiger partial charge in [0, 0.05) is 11.8 Å². The van der Waals surface area contributed by atoms with E-state index in [4.69, 9.17) is 4.74 Å². The van der Waals surface area contributed by atoms with E-state index in [1.165, 1.54) is 25.1 Å². The number of esters is 1. The van der Waals surface area contributed by atoms with E-state index in [9.17, 15) is 22.8 Å². The molecule has 2 aromatic carbocycles. The van der Waals surface area contributed by atoms with Crippen molar-refractivity contribution < 1.29 is 27.5 Å². The molecule has 4 nitrogen and oxygen atoms in total. The number of anilines is 1. The zero-order chi connectivity index (χ0) is 19.2. The lowest BCUT2D eigenvalue weighted by Crippen LogP contribution is -2.29. The summed E-state index contributed by atoms with van der Waals surface area (Å²) >= 11 is 0. The van der Waals surface area contributed by atoms with Gasteiger partial charge in [-0.3, -0.25) is 4.79 Å². The number of hydrogen-bond donors (Lipinski definition) is 1. The second-order valence-electron chi connectivity index (χ2n) is 5.39. The van der Waals surface area contributed by atoms with Gasteiger partial charge in [-0.25, -0.2) is 4.79 Å². The third-order valence-electron chi connectivity index (χ3n) is 3.33. The number of carbonyl (C=O) groups is 2. The first kappa shape index (κ1) is 19.2. The fraction of sp³-hybridized carbons (Fsp3) is 0.158. The normalized spacial score (nSPS) is 12.6. The van der Waals surface area contributed by atoms with E-state index < -0.39 is 29.7 Å². The van der Waals surface area contributed by atoms with Crippen LogP contribution in [0.4, 0.5) is 18.9 Å². The molecule has 0 fully saturated rings. The minimum Gasteiger partial charge on any atom is -0.449 e. The summed E-state index contributed by atoms with van der Waals surface area (Å²) in [6.07, 6.45) is -3.36. The maximum absolute atomic E-state index is 12.6. The summed E-state index contributed by atoms with van der Waals surface area (Å²) in [5.74, 6) is -1.35. The van der Waals surface area contributed by atoms with Crippen molar-refractivity contribution in [1.82, 2.24) is 0 Å². The van der Waals surface area contributed by atoms with E-state index in [-0.39, 0.29) is 5.56 Å². The molecule has 0 aliphatic heterocycles. The van der Waals surface area contributed by atoms with Crippen LogP contribution < -0.4 is 5.32 Å². The molecule has 0 aliphatic carbocycles. The fourth-order valence-electron chi connectivity index (χ4n) is 2.02. The van der Waals surface area contributed by atoms with E-state index in [1.54, 1.807) is 30.3 Å². The summed E-state index contributed by atoms with van der Waals surface area (Å²) in [4.78, 5) is 23.7. The molecule has 1 unspecified atom stereocenters. The first-order valence-electron chi connectivity index (χ1n) is 7.67. The Morgan fingerprint density at radius 1 is 1.08 bits per heavy atom. The van der Waals surface area contributed by atoms with Gasteiger partial charge in [-0.2, -0.15) is 13.2 Å². The van der Waals surface area contributed by atoms with Crippen LogP contribution in [0.25, 0.3) is 6.08 Å². The Balaban J connectivity index is 1.93. The van der Waals surface area contributed by atoms with Crippen LogP contribution in [-0.2, 0) is 20.5 Å². The van der Waals surface area contributed by atoms with Crippen molar-refractivity contribution in [2.45, 2.75) is 19.2 Å². The lowest BCUT2D eigenvalue weighted by atomic mass is 10.1. The number of para-hydroxylation sites is 1. The summed E-state index contributed by atoms with van der Waals surface area (Å²) < 4.78 is 42.9. The molecule has 1 amide bonds. The van der Waals surface area contributed by atoms with E-state index in [2.05, 4.69) is 5.32 Å². The standard InChI is InChI=1S/C19H16F3NO3/c1-13(18(25)23-16-8-3-2-4-9-16)26-17(24)11-10-14-6-5-7-15(12-14)19(20,21)22/h2-13H,1H3,(H,23,25)/b11-10+. The van der Waals surface area contributed by atoms with Gasteiger partial charge in [0.2, 0.25) is 0 Å². The number of benzene rings is 2. The molecule has 1 atom stereocenters. The largest absolute Gasteiger partial charge is 0.449 e. The van der Waals surface area contributed by atoms with Crippen molar-refractivity contribution in [3.63, 3.8) is 0 Å². The highest BCUT2D eigenvalue weighted by molar-refractivity contribution is 5.96. The number of halogens is 3. The number of rotatable bonds is 5. The average molecular weight is 363 g/mol. The second-order valence-corrected chi connectivity index (χ2v) is 5.39. The maximum atomic E-state index is 12.6. The van der Waals surface area contributed by atoms with Crippen LogP contribution in [0.3, 0.4) is 0 Å². The van der Waals surface area contributed by atoms with Gasteiger partial charge < -0.3 is 10.1 Å². The van der Waals surface area contributed by atoms with E-state index in [0.29, 0.717) is 5.69 Å². The quantitative estimate of drug-likeness (QED) is 0.637. The lowest BCUT2D eigenvalue weighted by Gasteiger charge is -2.12. The molecule has 2 rings (SSSR count). The third kappa shape index (κ3) is 5.77. The number of hydrogen-bond acceptors (Lipinski definition) is 3. The van der Waals surface area contributed by atoms with E-state index >= 15 is 0 Å². The summed E-state index contributed by atoms with van der Waals surface area (Å²) in [6, 6.07) is 13.1. The molecule has 0 saturated heterocycles. The van der Waals surface area contributed by atoms with Gasteiger partial charge in [-0.1, -0.05) is 30.3 Å². The number of ether oxygens (including phenoxy) is 1. The number of amides is 1. The van der Waals surface area contributed by atoms with Crippen LogP contribution in [0.2, 0.25) is 0 Å². The summed E-state index contributed by atoms with van der Waals surface area (Å²) in [5, 5.41) is 2.58. The van der Waals surface area contributed by atoms with Crippen molar-refractivity contribution in [3.05, 3.63) is 71.8 Å². The first-order valence-corrected chi connectivity index (χ1v) is 7.67. The molecule has 0 aromatic heterocycles. The van der Waals surface area contributed by atoms with Gasteiger partial charge >= 0.3 is 12.1 Å². The highest BCUT2D eigenvalue weighted by atomic mass is 19.4. The van der Waals surface area contributed by atoms with Crippen LogP contribution in [-0.4, -0.2) is 18.0 Å². The van der Waals surface area contributed by atoms with Crippen molar-refractivity contribution in [2.24, 2.45) is 0 Å². The predicted molar refractivity (Wildman–Crippen MR) is 91.1 cm³/mol. The van der Waals surface area contributed by atoms with Crippen molar-refractivity contribution >= 4 is 23.6 Å². The third-order valence-corrected chi connectivity index (χ3v) is 3.33. The molecule has 0 heterocycles. The van der Waals surface area contributed by atoms with Gasteiger partial charge in [-0.05, 0) is 42.8 Å². The SMILES string of the molecule is CC(OC(=O)/C=C/c1cccc(C(F)(F)F)c1)C(=O)Nc1ccccc1. The molecule has 136 valence electrons. The molecule has 1 N–H and O–H groups in total. The minimum absolute atomic E-state index is 0.193. The molecule has 0 aliphatic rings. The van der Waals surface area contributed by atoms with Crippen LogP contribution in [0, 0.1) is 0 Å². The Bertz CT molecular complexity index is 801. The van der Waals surface area contributed by atoms with E-state index in [0.717, 1.165) is 18.2 Å². The molecule has 2 aromatic rings. The van der Waals surface area contributed by atoms with Crippen LogP contribution in [0.15, 0.2) is 60.7 Å². The van der Waals surface area contributed by atoms with Gasteiger partial charge in [-0.15, -0.1) is 0 Å². The first-order chi connectivity index (χ1) is 12.3. The molecule has 7 heteroatoms. The van der Waals surface area contributed by atoms with Gasteiger partial charge in [0.25, 0.3) is 5.91 Å². The smallest absolute Gasteiger partial charge is 0.416 e. The van der Waals surface area contributed by atoms with Crippen LogP contribution in [0.1, 0.15) is 18.1 Å². The Morgan fingerprint density at radius 3 is 2.42 bits per heavy atom. The predicted octanol–water partition coefficient (Wildman–Crippen LogP) is 4.29. The zero-order valence-corrected chi connectivity index (χ0v) is 13.8. The highest BCUT2D eigenvalue weighted by Gasteiger charge is 2.30. The molecule has 0 spiro atoms. The molecule has 0 saturated carbocycles. The molecule has 0 radical (unpaired) electrons. The Morgan fingerprint density at radius 2 is 1.77 bits per heavy atom. The number of nitrogens with one attached hydrogen (secondary N) is 1. The highest BCUT2D eigenvalue weighted by Crippen LogP contribution is 2.29. The summed E-state index contributed by atoms with van der Waals surface area (Å²) in [7, 11) is 0. The monoisotopic (exact) mass is 363 g/mol. The Kier molecular flexibility index (Phi) is 6.16. The van der Waals surface area contributed by atoms with Gasteiger partial charge in [0.1, 0.15) is 0 Å². The van der Waals surface area contributed by atoms with Crippen LogP contribution in [0.5, 0.6) is 0 Å². The van der Waals surface area contributed by atoms with Crippen molar-refractivity contribution in [3.8, 4) is 0 Å². The maximum Gasteiger partial charge on any atom is 0.416 e. The number of alkyl halides is 3. The molecule has 0 bridgehead atoms. The molecular weight excluding hydrogens is 347 g/mol. The van der Waals surface area contributed by atoms with Gasteiger partial charge in [0.05, 0.1) is 5.56 Å². The lowest BCUT2D eigenvalue weighted by molar-refractivity contribution is -0.148. The van der Waals surface area contributed by atoms with Crippen molar-refractivity contribution in [2.75, 3.05) is 5.32 Å². The topological polar surface area (TPSA) is 55.4 Å². The summed E-state index contributed by atoms with van der Waals surface area (Å²) in [6.45, 7) is 1.40. The van der Waals surface area contributed by atoms with E-state index in [1.807, 2.05) is 0 Å². The van der Waals surface area contributed by atoms with Crippen LogP contribution >= 0.6 is 0 Å². The molecule has 26 heavy (non-hydrogen) atoms. The zero-order valence-electron chi connectivity index (χ0n) is 13.8. The minimum atomic E-state index is -4.46. The second kappa shape index (κ2) is 8.33. The Labute approximate surface area is 148 Å². The summed E-state index contributed by atoms with van der Waals surface area (Å²) in [5.41, 5.74) is -0.0679. The number of carbonyl (C=O) groups excluding carboxylic acids is 2. The van der Waals surface area contributed by atoms with Crippen molar-refractivity contribution in [1.29, 1.82) is 0 Å². The Hall–Kier alpha value is -3.09. The average Bonchev–Trinajstić information content (AvgIpc) is 2.60. The van der Waals surface area contributed by atoms with Gasteiger partial charge in [0.15, 0.2) is 6.10 Å². The molecular formula is C19H16F3NO3.